The van der Waals surface area contributed by atoms with Crippen LogP contribution in [0.5, 0.6) is 0 Å². The molecule has 0 aliphatic carbocycles. The molecule has 0 aliphatic rings. The molecule has 0 bridgehead atoms. The van der Waals surface area contributed by atoms with Crippen molar-refractivity contribution in [2.45, 2.75) is 19.9 Å². The largest absolute Gasteiger partial charge is 0.457 e. The number of carbonyl (C=O) groups is 4. The molecule has 0 radical (unpaired) electrons. The van der Waals surface area contributed by atoms with Crippen molar-refractivity contribution in [3.8, 4) is 0 Å². The molecule has 30 heavy (non-hydrogen) atoms. The number of fused-ring (bicyclic) bond motifs is 1. The predicted octanol–water partition coefficient (Wildman–Crippen LogP) is 1.81. The second-order valence-corrected chi connectivity index (χ2v) is 7.55. The van der Waals surface area contributed by atoms with Crippen molar-refractivity contribution < 1.29 is 23.9 Å². The molecule has 3 aromatic rings. The number of ether oxygens (including phenoxy) is 1. The SMILES string of the molecule is CC(=O)NCc1ccc(C(=O)COC(=O)CCNC(=O)c2n[nH]c3ccccc23)s1. The van der Waals surface area contributed by atoms with Gasteiger partial charge >= 0.3 is 5.97 Å². The average Bonchev–Trinajstić information content (AvgIpc) is 3.37. The summed E-state index contributed by atoms with van der Waals surface area (Å²) in [7, 11) is 0. The highest BCUT2D eigenvalue weighted by Gasteiger charge is 2.15. The van der Waals surface area contributed by atoms with E-state index in [0.29, 0.717) is 16.8 Å². The monoisotopic (exact) mass is 428 g/mol. The molecule has 2 aromatic heterocycles. The highest BCUT2D eigenvalue weighted by Crippen LogP contribution is 2.17. The molecule has 0 fully saturated rings. The number of nitrogens with zero attached hydrogens (tertiary/aromatic N) is 1. The van der Waals surface area contributed by atoms with Gasteiger partial charge in [-0.2, -0.15) is 5.10 Å². The van der Waals surface area contributed by atoms with Gasteiger partial charge in [-0.15, -0.1) is 11.3 Å². The summed E-state index contributed by atoms with van der Waals surface area (Å²) in [4.78, 5) is 48.4. The van der Waals surface area contributed by atoms with Crippen molar-refractivity contribution in [2.75, 3.05) is 13.2 Å². The molecule has 3 rings (SSSR count). The fraction of sp³-hybridized carbons (Fsp3) is 0.250. The fourth-order valence-corrected chi connectivity index (χ4v) is 3.49. The Labute approximate surface area is 175 Å². The Balaban J connectivity index is 1.40. The van der Waals surface area contributed by atoms with Crippen LogP contribution in [0.1, 0.15) is 38.4 Å². The van der Waals surface area contributed by atoms with Crippen molar-refractivity contribution in [1.29, 1.82) is 0 Å². The van der Waals surface area contributed by atoms with Gasteiger partial charge in [0.25, 0.3) is 5.91 Å². The standard InChI is InChI=1S/C20H20N4O5S/c1-12(25)22-10-13-6-7-17(30-13)16(26)11-29-18(27)8-9-21-20(28)19-14-4-2-3-5-15(14)23-24-19/h2-7H,8-11H2,1H3,(H,21,28)(H,22,25)(H,23,24). The van der Waals surface area contributed by atoms with Crippen molar-refractivity contribution >= 4 is 45.8 Å². The van der Waals surface area contributed by atoms with Gasteiger partial charge < -0.3 is 15.4 Å². The molecule has 0 unspecified atom stereocenters. The van der Waals surface area contributed by atoms with Crippen LogP contribution in [0.25, 0.3) is 10.9 Å². The van der Waals surface area contributed by atoms with Crippen LogP contribution in [0.4, 0.5) is 0 Å². The van der Waals surface area contributed by atoms with E-state index in [-0.39, 0.29) is 37.0 Å². The van der Waals surface area contributed by atoms with Gasteiger partial charge in [-0.1, -0.05) is 18.2 Å². The Kier molecular flexibility index (Phi) is 6.91. The number of thiophene rings is 1. The lowest BCUT2D eigenvalue weighted by Gasteiger charge is -2.05. The van der Waals surface area contributed by atoms with E-state index in [0.717, 1.165) is 10.4 Å². The molecule has 156 valence electrons. The zero-order chi connectivity index (χ0) is 21.5. The van der Waals surface area contributed by atoms with E-state index < -0.39 is 11.9 Å². The van der Waals surface area contributed by atoms with Crippen LogP contribution < -0.4 is 10.6 Å². The normalized spacial score (nSPS) is 10.6. The minimum atomic E-state index is -0.592. The highest BCUT2D eigenvalue weighted by atomic mass is 32.1. The Morgan fingerprint density at radius 3 is 2.70 bits per heavy atom. The number of aromatic nitrogens is 2. The first-order valence-electron chi connectivity index (χ1n) is 9.17. The van der Waals surface area contributed by atoms with Gasteiger partial charge in [0, 0.05) is 23.7 Å². The molecule has 0 atom stereocenters. The minimum absolute atomic E-state index is 0.0624. The number of carbonyl (C=O) groups excluding carboxylic acids is 4. The molecular formula is C20H20N4O5S. The Morgan fingerprint density at radius 1 is 1.10 bits per heavy atom. The molecule has 10 heteroatoms. The maximum absolute atomic E-state index is 12.2. The quantitative estimate of drug-likeness (QED) is 0.352. The van der Waals surface area contributed by atoms with Gasteiger partial charge in [-0.3, -0.25) is 24.3 Å². The summed E-state index contributed by atoms with van der Waals surface area (Å²) in [5, 5.41) is 12.7. The number of hydrogen-bond acceptors (Lipinski definition) is 7. The molecule has 0 spiro atoms. The Hall–Kier alpha value is -3.53. The second-order valence-electron chi connectivity index (χ2n) is 6.38. The van der Waals surface area contributed by atoms with Crippen molar-refractivity contribution in [2.24, 2.45) is 0 Å². The van der Waals surface area contributed by atoms with Gasteiger partial charge in [0.05, 0.1) is 23.4 Å². The van der Waals surface area contributed by atoms with E-state index in [1.54, 1.807) is 24.3 Å². The van der Waals surface area contributed by atoms with Gasteiger partial charge in [0.1, 0.15) is 0 Å². The first kappa shape index (κ1) is 21.2. The summed E-state index contributed by atoms with van der Waals surface area (Å²) >= 11 is 1.23. The lowest BCUT2D eigenvalue weighted by Crippen LogP contribution is -2.27. The number of nitrogens with one attached hydrogen (secondary N) is 3. The second kappa shape index (κ2) is 9.79. The van der Waals surface area contributed by atoms with E-state index in [1.807, 2.05) is 12.1 Å². The number of esters is 1. The molecule has 2 amide bonds. The van der Waals surface area contributed by atoms with Crippen molar-refractivity contribution in [3.05, 3.63) is 51.8 Å². The summed E-state index contributed by atoms with van der Waals surface area (Å²) in [5.41, 5.74) is 0.997. The van der Waals surface area contributed by atoms with Crippen LogP contribution >= 0.6 is 11.3 Å². The molecule has 0 aliphatic heterocycles. The van der Waals surface area contributed by atoms with Crippen LogP contribution in [0.2, 0.25) is 0 Å². The number of Topliss-reactive ketones (excluding diaryl/α,β-unsaturated/α-hetero) is 1. The molecule has 2 heterocycles. The third-order valence-electron chi connectivity index (χ3n) is 4.11. The van der Waals surface area contributed by atoms with Crippen LogP contribution in [-0.4, -0.2) is 46.9 Å². The maximum Gasteiger partial charge on any atom is 0.308 e. The van der Waals surface area contributed by atoms with Gasteiger partial charge in [-0.05, 0) is 18.2 Å². The van der Waals surface area contributed by atoms with Gasteiger partial charge in [0.15, 0.2) is 12.3 Å². The number of aromatic amines is 1. The van der Waals surface area contributed by atoms with E-state index in [2.05, 4.69) is 20.8 Å². The number of ketones is 1. The van der Waals surface area contributed by atoms with Crippen molar-refractivity contribution in [3.63, 3.8) is 0 Å². The van der Waals surface area contributed by atoms with Crippen molar-refractivity contribution in [1.82, 2.24) is 20.8 Å². The number of H-pyrrole nitrogens is 1. The molecular weight excluding hydrogens is 408 g/mol. The summed E-state index contributed by atoms with van der Waals surface area (Å²) in [6.45, 7) is 1.44. The van der Waals surface area contributed by atoms with E-state index >= 15 is 0 Å². The minimum Gasteiger partial charge on any atom is -0.457 e. The highest BCUT2D eigenvalue weighted by molar-refractivity contribution is 7.14. The Bertz CT molecular complexity index is 1090. The molecule has 0 saturated carbocycles. The molecule has 3 N–H and O–H groups in total. The van der Waals surface area contributed by atoms with E-state index in [4.69, 9.17) is 4.74 Å². The third-order valence-corrected chi connectivity index (χ3v) is 5.24. The third kappa shape index (κ3) is 5.51. The van der Waals surface area contributed by atoms with Crippen LogP contribution in [-0.2, 0) is 20.9 Å². The maximum atomic E-state index is 12.2. The number of para-hydroxylation sites is 1. The zero-order valence-corrected chi connectivity index (χ0v) is 17.0. The summed E-state index contributed by atoms with van der Waals surface area (Å²) in [6.07, 6.45) is -0.0698. The van der Waals surface area contributed by atoms with Crippen LogP contribution in [0.15, 0.2) is 36.4 Å². The zero-order valence-electron chi connectivity index (χ0n) is 16.2. The van der Waals surface area contributed by atoms with E-state index in [1.165, 1.54) is 18.3 Å². The summed E-state index contributed by atoms with van der Waals surface area (Å²) in [5.74, 6) is -1.47. The van der Waals surface area contributed by atoms with Crippen LogP contribution in [0, 0.1) is 0 Å². The lowest BCUT2D eigenvalue weighted by atomic mass is 10.2. The summed E-state index contributed by atoms with van der Waals surface area (Å²) in [6, 6.07) is 10.6. The first-order valence-corrected chi connectivity index (χ1v) is 9.99. The average molecular weight is 428 g/mol. The molecule has 1 aromatic carbocycles. The smallest absolute Gasteiger partial charge is 0.308 e. The Morgan fingerprint density at radius 2 is 1.90 bits per heavy atom. The fourth-order valence-electron chi connectivity index (χ4n) is 2.62. The predicted molar refractivity (Wildman–Crippen MR) is 110 cm³/mol. The molecule has 0 saturated heterocycles. The first-order chi connectivity index (χ1) is 14.4. The number of rotatable bonds is 9. The lowest BCUT2D eigenvalue weighted by molar-refractivity contribution is -0.142. The number of hydrogen-bond donors (Lipinski definition) is 3. The van der Waals surface area contributed by atoms with Crippen LogP contribution in [0.3, 0.4) is 0 Å². The summed E-state index contributed by atoms with van der Waals surface area (Å²) < 4.78 is 4.98. The number of amides is 2. The topological polar surface area (TPSA) is 130 Å². The van der Waals surface area contributed by atoms with Gasteiger partial charge in [-0.25, -0.2) is 0 Å². The van der Waals surface area contributed by atoms with Gasteiger partial charge in [0.2, 0.25) is 11.7 Å². The molecule has 9 nitrogen and oxygen atoms in total. The number of benzene rings is 1. The van der Waals surface area contributed by atoms with E-state index in [9.17, 15) is 19.2 Å².